The largest absolute Gasteiger partial charge is 0.396 e. The molecule has 3 aromatic rings. The van der Waals surface area contributed by atoms with Gasteiger partial charge in [0.15, 0.2) is 0 Å². The minimum absolute atomic E-state index is 0.203. The van der Waals surface area contributed by atoms with E-state index in [2.05, 4.69) is 15.9 Å². The summed E-state index contributed by atoms with van der Waals surface area (Å²) in [5.74, 6) is -0.210. The molecule has 2 heterocycles. The maximum atomic E-state index is 12.7. The second kappa shape index (κ2) is 5.08. The van der Waals surface area contributed by atoms with Gasteiger partial charge in [-0.2, -0.15) is 5.26 Å². The second-order valence-electron chi connectivity index (χ2n) is 4.57. The SMILES string of the molecule is N#Cc1cc2cccn2c(C(=O)c2ccc(Br)cc2)c1N. The lowest BCUT2D eigenvalue weighted by Crippen LogP contribution is -2.12. The van der Waals surface area contributed by atoms with Gasteiger partial charge in [0.25, 0.3) is 0 Å². The molecule has 3 rings (SSSR count). The number of fused-ring (bicyclic) bond motifs is 1. The van der Waals surface area contributed by atoms with Crippen LogP contribution < -0.4 is 5.73 Å². The van der Waals surface area contributed by atoms with Crippen LogP contribution in [-0.2, 0) is 0 Å². The smallest absolute Gasteiger partial charge is 0.211 e. The lowest BCUT2D eigenvalue weighted by Gasteiger charge is -2.10. The zero-order chi connectivity index (χ0) is 15.0. The average Bonchev–Trinajstić information content (AvgIpc) is 2.94. The minimum atomic E-state index is -0.210. The lowest BCUT2D eigenvalue weighted by molar-refractivity contribution is 0.103. The van der Waals surface area contributed by atoms with Crippen molar-refractivity contribution < 1.29 is 4.79 Å². The Kier molecular flexibility index (Phi) is 3.24. The van der Waals surface area contributed by atoms with E-state index in [1.807, 2.05) is 18.2 Å². The Bertz CT molecular complexity index is 888. The minimum Gasteiger partial charge on any atom is -0.396 e. The normalized spacial score (nSPS) is 10.5. The highest BCUT2D eigenvalue weighted by Crippen LogP contribution is 2.24. The number of benzene rings is 1. The van der Waals surface area contributed by atoms with Crippen LogP contribution in [0.5, 0.6) is 0 Å². The third-order valence-electron chi connectivity index (χ3n) is 3.30. The van der Waals surface area contributed by atoms with Crippen LogP contribution in [0.25, 0.3) is 5.52 Å². The number of carbonyl (C=O) groups excluding carboxylic acids is 1. The highest BCUT2D eigenvalue weighted by molar-refractivity contribution is 9.10. The van der Waals surface area contributed by atoms with E-state index in [4.69, 9.17) is 5.73 Å². The topological polar surface area (TPSA) is 71.3 Å². The fourth-order valence-electron chi connectivity index (χ4n) is 2.26. The van der Waals surface area contributed by atoms with Crippen molar-refractivity contribution in [2.45, 2.75) is 0 Å². The predicted molar refractivity (Wildman–Crippen MR) is 84.1 cm³/mol. The molecule has 0 amide bonds. The van der Waals surface area contributed by atoms with Crippen molar-refractivity contribution in [1.82, 2.24) is 4.40 Å². The number of nitrogens with two attached hydrogens (primary N) is 1. The second-order valence-corrected chi connectivity index (χ2v) is 5.49. The number of aromatic nitrogens is 1. The molecule has 0 aliphatic rings. The first-order chi connectivity index (χ1) is 10.1. The summed E-state index contributed by atoms with van der Waals surface area (Å²) in [4.78, 5) is 12.7. The number of anilines is 1. The van der Waals surface area contributed by atoms with Crippen LogP contribution in [0, 0.1) is 11.3 Å². The molecule has 0 fully saturated rings. The monoisotopic (exact) mass is 339 g/mol. The van der Waals surface area contributed by atoms with Crippen LogP contribution in [0.4, 0.5) is 5.69 Å². The van der Waals surface area contributed by atoms with Crippen LogP contribution >= 0.6 is 15.9 Å². The van der Waals surface area contributed by atoms with Crippen molar-refractivity contribution >= 4 is 32.9 Å². The number of carbonyl (C=O) groups is 1. The molecule has 0 saturated heterocycles. The van der Waals surface area contributed by atoms with E-state index in [1.165, 1.54) is 0 Å². The van der Waals surface area contributed by atoms with Gasteiger partial charge in [0.2, 0.25) is 5.78 Å². The van der Waals surface area contributed by atoms with E-state index in [1.54, 1.807) is 40.9 Å². The van der Waals surface area contributed by atoms with Crippen molar-refractivity contribution in [1.29, 1.82) is 5.26 Å². The van der Waals surface area contributed by atoms with Gasteiger partial charge in [0.05, 0.1) is 11.3 Å². The number of ketones is 1. The first kappa shape index (κ1) is 13.4. The number of hydrogen-bond acceptors (Lipinski definition) is 3. The number of nitrogen functional groups attached to an aromatic ring is 1. The molecule has 102 valence electrons. The van der Waals surface area contributed by atoms with Gasteiger partial charge in [-0.05, 0) is 42.5 Å². The highest BCUT2D eigenvalue weighted by atomic mass is 79.9. The fraction of sp³-hybridized carbons (Fsp3) is 0. The Morgan fingerprint density at radius 2 is 1.95 bits per heavy atom. The molecule has 2 aromatic heterocycles. The predicted octanol–water partition coefficient (Wildman–Crippen LogP) is 3.39. The molecule has 0 unspecified atom stereocenters. The molecule has 0 radical (unpaired) electrons. The first-order valence-corrected chi connectivity index (χ1v) is 7.01. The molecule has 0 aliphatic heterocycles. The summed E-state index contributed by atoms with van der Waals surface area (Å²) in [6.07, 6.45) is 1.76. The Morgan fingerprint density at radius 1 is 1.24 bits per heavy atom. The quantitative estimate of drug-likeness (QED) is 0.727. The van der Waals surface area contributed by atoms with Gasteiger partial charge in [-0.1, -0.05) is 15.9 Å². The maximum absolute atomic E-state index is 12.7. The Balaban J connectivity index is 2.26. The van der Waals surface area contributed by atoms with Gasteiger partial charge in [-0.3, -0.25) is 4.79 Å². The van der Waals surface area contributed by atoms with E-state index in [-0.39, 0.29) is 11.5 Å². The fourth-order valence-corrected chi connectivity index (χ4v) is 2.52. The molecule has 21 heavy (non-hydrogen) atoms. The zero-order valence-electron chi connectivity index (χ0n) is 10.9. The van der Waals surface area contributed by atoms with Gasteiger partial charge < -0.3 is 10.1 Å². The standard InChI is InChI=1S/C16H10BrN3O/c17-12-5-3-10(4-6-12)16(21)15-14(19)11(9-18)8-13-2-1-7-20(13)15/h1-8H,19H2. The van der Waals surface area contributed by atoms with Gasteiger partial charge in [-0.15, -0.1) is 0 Å². The molecule has 5 heteroatoms. The molecule has 0 bridgehead atoms. The van der Waals surface area contributed by atoms with Gasteiger partial charge in [-0.25, -0.2) is 0 Å². The summed E-state index contributed by atoms with van der Waals surface area (Å²) < 4.78 is 2.60. The molecule has 4 nitrogen and oxygen atoms in total. The third kappa shape index (κ3) is 2.20. The van der Waals surface area contributed by atoms with Crippen molar-refractivity contribution in [2.75, 3.05) is 5.73 Å². The van der Waals surface area contributed by atoms with Gasteiger partial charge in [0.1, 0.15) is 11.8 Å². The van der Waals surface area contributed by atoms with Crippen molar-refractivity contribution in [3.63, 3.8) is 0 Å². The maximum Gasteiger partial charge on any atom is 0.211 e. The van der Waals surface area contributed by atoms with Gasteiger partial charge >= 0.3 is 0 Å². The van der Waals surface area contributed by atoms with E-state index in [0.717, 1.165) is 9.99 Å². The van der Waals surface area contributed by atoms with E-state index in [0.29, 0.717) is 16.8 Å². The number of pyridine rings is 1. The average molecular weight is 340 g/mol. The number of rotatable bonds is 2. The first-order valence-electron chi connectivity index (χ1n) is 6.21. The number of hydrogen-bond donors (Lipinski definition) is 1. The van der Waals surface area contributed by atoms with E-state index >= 15 is 0 Å². The highest BCUT2D eigenvalue weighted by Gasteiger charge is 2.19. The summed E-state index contributed by atoms with van der Waals surface area (Å²) in [7, 11) is 0. The molecular formula is C16H10BrN3O. The Hall–Kier alpha value is -2.58. The Labute approximate surface area is 129 Å². The number of nitriles is 1. The van der Waals surface area contributed by atoms with Crippen LogP contribution in [0.15, 0.2) is 53.1 Å². The van der Waals surface area contributed by atoms with Gasteiger partial charge in [0, 0.05) is 21.7 Å². The summed E-state index contributed by atoms with van der Waals surface area (Å²) in [6, 6.07) is 14.4. The summed E-state index contributed by atoms with van der Waals surface area (Å²) >= 11 is 3.34. The van der Waals surface area contributed by atoms with Crippen LogP contribution in [0.2, 0.25) is 0 Å². The molecule has 0 spiro atoms. The van der Waals surface area contributed by atoms with Crippen molar-refractivity contribution in [3.8, 4) is 6.07 Å². The molecule has 2 N–H and O–H groups in total. The van der Waals surface area contributed by atoms with Crippen LogP contribution in [0.3, 0.4) is 0 Å². The lowest BCUT2D eigenvalue weighted by atomic mass is 10.0. The molecular weight excluding hydrogens is 330 g/mol. The molecule has 0 saturated carbocycles. The summed E-state index contributed by atoms with van der Waals surface area (Å²) in [5, 5.41) is 9.17. The van der Waals surface area contributed by atoms with Crippen molar-refractivity contribution in [3.05, 3.63) is 70.0 Å². The third-order valence-corrected chi connectivity index (χ3v) is 3.83. The zero-order valence-corrected chi connectivity index (χ0v) is 12.5. The molecule has 1 aromatic carbocycles. The number of nitrogens with zero attached hydrogens (tertiary/aromatic N) is 2. The van der Waals surface area contributed by atoms with E-state index < -0.39 is 0 Å². The Morgan fingerprint density at radius 3 is 2.62 bits per heavy atom. The molecule has 0 aliphatic carbocycles. The number of halogens is 1. The van der Waals surface area contributed by atoms with Crippen LogP contribution in [0.1, 0.15) is 21.6 Å². The molecule has 0 atom stereocenters. The van der Waals surface area contributed by atoms with Crippen molar-refractivity contribution in [2.24, 2.45) is 0 Å². The summed E-state index contributed by atoms with van der Waals surface area (Å²) in [5.41, 5.74) is 8.13. The summed E-state index contributed by atoms with van der Waals surface area (Å²) in [6.45, 7) is 0. The van der Waals surface area contributed by atoms with Crippen LogP contribution in [-0.4, -0.2) is 10.2 Å². The van der Waals surface area contributed by atoms with E-state index in [9.17, 15) is 10.1 Å².